The maximum Gasteiger partial charge on any atom is 0.126 e. The van der Waals surface area contributed by atoms with Crippen LogP contribution in [0.1, 0.15) is 49.7 Å². The molecule has 1 aromatic rings. The fraction of sp³-hybridized carbons (Fsp3) is 0.500. The van der Waals surface area contributed by atoms with Gasteiger partial charge in [-0.2, -0.15) is 0 Å². The Balaban J connectivity index is 2.31. The molecule has 0 bridgehead atoms. The molecule has 1 aliphatic carbocycles. The summed E-state index contributed by atoms with van der Waals surface area (Å²) in [5.74, 6) is 0.928. The lowest BCUT2D eigenvalue weighted by Gasteiger charge is -2.07. The fourth-order valence-corrected chi connectivity index (χ4v) is 1.63. The van der Waals surface area contributed by atoms with E-state index in [1.165, 1.54) is 0 Å². The van der Waals surface area contributed by atoms with Gasteiger partial charge < -0.3 is 0 Å². The zero-order chi connectivity index (χ0) is 9.42. The molecule has 0 amide bonds. The third kappa shape index (κ3) is 1.74. The maximum absolute atomic E-state index is 13.5. The van der Waals surface area contributed by atoms with Crippen molar-refractivity contribution in [1.82, 2.24) is 0 Å². The second kappa shape index (κ2) is 3.13. The summed E-state index contributed by atoms with van der Waals surface area (Å²) < 4.78 is 13.5. The van der Waals surface area contributed by atoms with Crippen molar-refractivity contribution in [3.05, 3.63) is 35.1 Å². The van der Waals surface area contributed by atoms with Crippen molar-refractivity contribution < 1.29 is 4.39 Å². The molecule has 2 rings (SSSR count). The minimum absolute atomic E-state index is 0.00583. The van der Waals surface area contributed by atoms with Gasteiger partial charge in [0.1, 0.15) is 5.82 Å². The number of rotatable bonds is 2. The molecular formula is C12H15F. The maximum atomic E-state index is 13.5. The Labute approximate surface area is 78.8 Å². The molecule has 1 fully saturated rings. The van der Waals surface area contributed by atoms with E-state index in [0.717, 1.165) is 24.0 Å². The second-order valence-corrected chi connectivity index (χ2v) is 4.21. The Bertz CT molecular complexity index is 311. The zero-order valence-electron chi connectivity index (χ0n) is 8.18. The highest BCUT2D eigenvalue weighted by molar-refractivity contribution is 5.31. The molecule has 0 unspecified atom stereocenters. The van der Waals surface area contributed by atoms with Crippen LogP contribution < -0.4 is 0 Å². The summed E-state index contributed by atoms with van der Waals surface area (Å²) in [6.07, 6.45) is 2.33. The summed E-state index contributed by atoms with van der Waals surface area (Å²) in [7, 11) is 0. The van der Waals surface area contributed by atoms with Crippen LogP contribution in [0, 0.1) is 5.82 Å². The van der Waals surface area contributed by atoms with Crippen LogP contribution in [0.3, 0.4) is 0 Å². The largest absolute Gasteiger partial charge is 0.207 e. The molecule has 0 N–H and O–H groups in total. The van der Waals surface area contributed by atoms with Gasteiger partial charge in [0.25, 0.3) is 0 Å². The van der Waals surface area contributed by atoms with Gasteiger partial charge in [0, 0.05) is 0 Å². The minimum Gasteiger partial charge on any atom is -0.207 e. The molecule has 13 heavy (non-hydrogen) atoms. The molecule has 0 atom stereocenters. The van der Waals surface area contributed by atoms with Gasteiger partial charge in [-0.15, -0.1) is 0 Å². The van der Waals surface area contributed by atoms with E-state index in [2.05, 4.69) is 19.9 Å². The first kappa shape index (κ1) is 8.74. The highest BCUT2D eigenvalue weighted by Gasteiger charge is 2.26. The molecule has 0 nitrogen and oxygen atoms in total. The van der Waals surface area contributed by atoms with Crippen LogP contribution in [-0.4, -0.2) is 0 Å². The van der Waals surface area contributed by atoms with Crippen molar-refractivity contribution in [2.24, 2.45) is 0 Å². The molecule has 0 aromatic heterocycles. The van der Waals surface area contributed by atoms with E-state index >= 15 is 0 Å². The molecular weight excluding hydrogens is 163 g/mol. The van der Waals surface area contributed by atoms with Gasteiger partial charge >= 0.3 is 0 Å². The molecule has 0 radical (unpaired) electrons. The van der Waals surface area contributed by atoms with Crippen molar-refractivity contribution >= 4 is 0 Å². The molecule has 1 aliphatic rings. The Hall–Kier alpha value is -0.850. The first-order chi connectivity index (χ1) is 6.18. The van der Waals surface area contributed by atoms with E-state index in [0.29, 0.717) is 11.8 Å². The molecule has 1 aromatic carbocycles. The second-order valence-electron chi connectivity index (χ2n) is 4.21. The fourth-order valence-electron chi connectivity index (χ4n) is 1.63. The van der Waals surface area contributed by atoms with E-state index < -0.39 is 0 Å². The first-order valence-corrected chi connectivity index (χ1v) is 4.98. The zero-order valence-corrected chi connectivity index (χ0v) is 8.18. The molecule has 70 valence electrons. The van der Waals surface area contributed by atoms with Crippen molar-refractivity contribution in [3.63, 3.8) is 0 Å². The highest BCUT2D eigenvalue weighted by atomic mass is 19.1. The lowest BCUT2D eigenvalue weighted by atomic mass is 10.00. The average Bonchev–Trinajstić information content (AvgIpc) is 2.87. The third-order valence-corrected chi connectivity index (χ3v) is 2.71. The van der Waals surface area contributed by atoms with E-state index in [4.69, 9.17) is 0 Å². The lowest BCUT2D eigenvalue weighted by Crippen LogP contribution is -1.92. The number of halogens is 1. The summed E-state index contributed by atoms with van der Waals surface area (Å²) in [4.78, 5) is 0. The number of benzene rings is 1. The van der Waals surface area contributed by atoms with E-state index in [9.17, 15) is 4.39 Å². The summed E-state index contributed by atoms with van der Waals surface area (Å²) in [5.41, 5.74) is 2.02. The molecule has 0 saturated heterocycles. The Morgan fingerprint density at radius 3 is 2.46 bits per heavy atom. The van der Waals surface area contributed by atoms with Gasteiger partial charge in [-0.3, -0.25) is 0 Å². The summed E-state index contributed by atoms with van der Waals surface area (Å²) in [5, 5.41) is 0. The summed E-state index contributed by atoms with van der Waals surface area (Å²) >= 11 is 0. The first-order valence-electron chi connectivity index (χ1n) is 4.98. The van der Waals surface area contributed by atoms with Crippen LogP contribution in [0.15, 0.2) is 18.2 Å². The third-order valence-electron chi connectivity index (χ3n) is 2.71. The highest BCUT2D eigenvalue weighted by Crippen LogP contribution is 2.41. The monoisotopic (exact) mass is 178 g/mol. The SMILES string of the molecule is CC(C)c1ccc(C2CC2)c(F)c1. The number of hydrogen-bond acceptors (Lipinski definition) is 0. The Kier molecular flexibility index (Phi) is 2.10. The Morgan fingerprint density at radius 2 is 2.00 bits per heavy atom. The van der Waals surface area contributed by atoms with Gasteiger partial charge in [-0.1, -0.05) is 26.0 Å². The standard InChI is InChI=1S/C12H15F/c1-8(2)10-5-6-11(9-3-4-9)12(13)7-10/h5-9H,3-4H2,1-2H3. The Morgan fingerprint density at radius 1 is 1.31 bits per heavy atom. The van der Waals surface area contributed by atoms with Crippen molar-refractivity contribution in [1.29, 1.82) is 0 Å². The van der Waals surface area contributed by atoms with Gasteiger partial charge in [-0.25, -0.2) is 4.39 Å². The predicted octanol–water partition coefficient (Wildman–Crippen LogP) is 3.83. The van der Waals surface area contributed by atoms with E-state index in [-0.39, 0.29) is 5.82 Å². The molecule has 0 spiro atoms. The van der Waals surface area contributed by atoms with Gasteiger partial charge in [-0.05, 0) is 41.9 Å². The van der Waals surface area contributed by atoms with Crippen LogP contribution in [-0.2, 0) is 0 Å². The minimum atomic E-state index is -0.00583. The molecule has 1 heteroatoms. The summed E-state index contributed by atoms with van der Waals surface area (Å²) in [6.45, 7) is 4.18. The normalized spacial score (nSPS) is 16.6. The van der Waals surface area contributed by atoms with E-state index in [1.807, 2.05) is 6.07 Å². The molecule has 1 saturated carbocycles. The molecule has 0 heterocycles. The van der Waals surface area contributed by atoms with Gasteiger partial charge in [0.15, 0.2) is 0 Å². The van der Waals surface area contributed by atoms with Crippen molar-refractivity contribution in [3.8, 4) is 0 Å². The van der Waals surface area contributed by atoms with Crippen LogP contribution in [0.25, 0.3) is 0 Å². The van der Waals surface area contributed by atoms with Crippen molar-refractivity contribution in [2.75, 3.05) is 0 Å². The van der Waals surface area contributed by atoms with Crippen LogP contribution in [0.2, 0.25) is 0 Å². The molecule has 0 aliphatic heterocycles. The predicted molar refractivity (Wildman–Crippen MR) is 52.5 cm³/mol. The number of hydrogen-bond donors (Lipinski definition) is 0. The van der Waals surface area contributed by atoms with E-state index in [1.54, 1.807) is 6.07 Å². The van der Waals surface area contributed by atoms with Crippen LogP contribution >= 0.6 is 0 Å². The van der Waals surface area contributed by atoms with Gasteiger partial charge in [0.05, 0.1) is 0 Å². The van der Waals surface area contributed by atoms with Crippen LogP contribution in [0.5, 0.6) is 0 Å². The smallest absolute Gasteiger partial charge is 0.126 e. The lowest BCUT2D eigenvalue weighted by molar-refractivity contribution is 0.606. The topological polar surface area (TPSA) is 0 Å². The van der Waals surface area contributed by atoms with Gasteiger partial charge in [0.2, 0.25) is 0 Å². The summed E-state index contributed by atoms with van der Waals surface area (Å²) in [6, 6.07) is 5.71. The van der Waals surface area contributed by atoms with Crippen LogP contribution in [0.4, 0.5) is 4.39 Å². The van der Waals surface area contributed by atoms with Crippen molar-refractivity contribution in [2.45, 2.75) is 38.5 Å². The average molecular weight is 178 g/mol. The quantitative estimate of drug-likeness (QED) is 0.645.